The van der Waals surface area contributed by atoms with Crippen molar-refractivity contribution in [3.63, 3.8) is 0 Å². The van der Waals surface area contributed by atoms with Gasteiger partial charge in [-0.1, -0.05) is 0 Å². The Hall–Kier alpha value is -1.99. The lowest BCUT2D eigenvalue weighted by Crippen LogP contribution is -2.38. The number of nitrogens with one attached hydrogen (secondary N) is 1. The Balaban J connectivity index is 1.24. The van der Waals surface area contributed by atoms with Crippen molar-refractivity contribution in [2.45, 2.75) is 37.5 Å². The van der Waals surface area contributed by atoms with Crippen molar-refractivity contribution in [3.8, 4) is 5.75 Å². The van der Waals surface area contributed by atoms with Gasteiger partial charge in [-0.2, -0.15) is 0 Å². The van der Waals surface area contributed by atoms with Gasteiger partial charge in [0.05, 0.1) is 13.7 Å². The molecule has 0 radical (unpaired) electrons. The molecule has 4 rings (SSSR count). The van der Waals surface area contributed by atoms with Crippen molar-refractivity contribution in [3.05, 3.63) is 34.3 Å². The Labute approximate surface area is 157 Å². The number of piperidine rings is 1. The molecule has 1 saturated carbocycles. The highest BCUT2D eigenvalue weighted by molar-refractivity contribution is 7.11. The van der Waals surface area contributed by atoms with Crippen LogP contribution in [0.2, 0.25) is 0 Å². The van der Waals surface area contributed by atoms with Crippen LogP contribution in [0.1, 0.15) is 47.5 Å². The van der Waals surface area contributed by atoms with Gasteiger partial charge in [-0.3, -0.25) is 9.69 Å². The lowest BCUT2D eigenvalue weighted by molar-refractivity contribution is -0.117. The van der Waals surface area contributed by atoms with E-state index in [-0.39, 0.29) is 5.91 Å². The summed E-state index contributed by atoms with van der Waals surface area (Å²) in [6.07, 6.45) is 4.65. The van der Waals surface area contributed by atoms with E-state index < -0.39 is 0 Å². The van der Waals surface area contributed by atoms with Crippen molar-refractivity contribution in [1.29, 1.82) is 0 Å². The van der Waals surface area contributed by atoms with Gasteiger partial charge in [-0.25, -0.2) is 0 Å². The van der Waals surface area contributed by atoms with Crippen LogP contribution in [0.5, 0.6) is 5.75 Å². The summed E-state index contributed by atoms with van der Waals surface area (Å²) < 4.78 is 5.13. The molecule has 2 fully saturated rings. The maximum atomic E-state index is 12.3. The zero-order valence-electron chi connectivity index (χ0n) is 15.0. The fourth-order valence-electron chi connectivity index (χ4n) is 3.32. The standard InChI is InChI=1S/C19H24N4O2S/c1-25-16-6-4-15(5-7-16)20-17(24)12-23-10-8-14(9-11-23)19-22-21-18(26-19)13-2-3-13/h4-7,13-14H,2-3,8-12H2,1H3,(H,20,24). The summed E-state index contributed by atoms with van der Waals surface area (Å²) >= 11 is 1.80. The second-order valence-electron chi connectivity index (χ2n) is 7.08. The zero-order valence-corrected chi connectivity index (χ0v) is 15.8. The van der Waals surface area contributed by atoms with Crippen LogP contribution >= 0.6 is 11.3 Å². The second-order valence-corrected chi connectivity index (χ2v) is 8.12. The van der Waals surface area contributed by atoms with Crippen molar-refractivity contribution in [2.24, 2.45) is 0 Å². The second kappa shape index (κ2) is 7.72. The summed E-state index contributed by atoms with van der Waals surface area (Å²) in [5.74, 6) is 2.00. The van der Waals surface area contributed by atoms with Gasteiger partial charge in [0.15, 0.2) is 0 Å². The molecule has 1 aromatic heterocycles. The lowest BCUT2D eigenvalue weighted by Gasteiger charge is -2.30. The number of nitrogens with zero attached hydrogens (tertiary/aromatic N) is 3. The van der Waals surface area contributed by atoms with Crippen LogP contribution in [0.25, 0.3) is 0 Å². The minimum Gasteiger partial charge on any atom is -0.497 e. The Bertz CT molecular complexity index is 749. The van der Waals surface area contributed by atoms with E-state index in [9.17, 15) is 4.79 Å². The van der Waals surface area contributed by atoms with Crippen LogP contribution in [-0.4, -0.2) is 47.7 Å². The summed E-state index contributed by atoms with van der Waals surface area (Å²) in [7, 11) is 1.63. The number of hydrogen-bond donors (Lipinski definition) is 1. The number of anilines is 1. The molecule has 2 aliphatic rings. The van der Waals surface area contributed by atoms with E-state index in [1.54, 1.807) is 18.4 Å². The summed E-state index contributed by atoms with van der Waals surface area (Å²) in [4.78, 5) is 14.5. The number of likely N-dealkylation sites (tertiary alicyclic amines) is 1. The molecule has 138 valence electrons. The molecule has 2 heterocycles. The van der Waals surface area contributed by atoms with Crippen LogP contribution in [0, 0.1) is 0 Å². The van der Waals surface area contributed by atoms with Gasteiger partial charge in [0.2, 0.25) is 5.91 Å². The number of benzene rings is 1. The van der Waals surface area contributed by atoms with Crippen molar-refractivity contribution in [2.75, 3.05) is 32.1 Å². The Morgan fingerprint density at radius 1 is 1.12 bits per heavy atom. The maximum absolute atomic E-state index is 12.3. The number of ether oxygens (including phenoxy) is 1. The highest BCUT2D eigenvalue weighted by Crippen LogP contribution is 2.43. The molecule has 1 aliphatic carbocycles. The van der Waals surface area contributed by atoms with E-state index in [1.165, 1.54) is 22.9 Å². The Morgan fingerprint density at radius 2 is 1.73 bits per heavy atom. The van der Waals surface area contributed by atoms with Gasteiger partial charge < -0.3 is 10.1 Å². The number of aromatic nitrogens is 2. The molecule has 1 aliphatic heterocycles. The number of methoxy groups -OCH3 is 1. The monoisotopic (exact) mass is 372 g/mol. The van der Waals surface area contributed by atoms with Gasteiger partial charge >= 0.3 is 0 Å². The van der Waals surface area contributed by atoms with E-state index >= 15 is 0 Å². The van der Waals surface area contributed by atoms with Gasteiger partial charge in [-0.15, -0.1) is 21.5 Å². The number of carbonyl (C=O) groups is 1. The predicted molar refractivity (Wildman–Crippen MR) is 102 cm³/mol. The Kier molecular flexibility index (Phi) is 5.17. The molecule has 0 unspecified atom stereocenters. The normalized spacial score (nSPS) is 18.7. The van der Waals surface area contributed by atoms with E-state index in [0.29, 0.717) is 18.4 Å². The molecule has 0 atom stereocenters. The van der Waals surface area contributed by atoms with Crippen LogP contribution < -0.4 is 10.1 Å². The summed E-state index contributed by atoms with van der Waals surface area (Å²) in [6, 6.07) is 7.41. The van der Waals surface area contributed by atoms with E-state index in [2.05, 4.69) is 20.4 Å². The van der Waals surface area contributed by atoms with E-state index in [1.807, 2.05) is 24.3 Å². The molecule has 1 aromatic carbocycles. The van der Waals surface area contributed by atoms with Crippen molar-refractivity contribution in [1.82, 2.24) is 15.1 Å². The SMILES string of the molecule is COc1ccc(NC(=O)CN2CCC(c3nnc(C4CC4)s3)CC2)cc1. The molecular weight excluding hydrogens is 348 g/mol. The quantitative estimate of drug-likeness (QED) is 0.843. The largest absolute Gasteiger partial charge is 0.497 e. The van der Waals surface area contributed by atoms with Crippen LogP contribution in [0.3, 0.4) is 0 Å². The number of carbonyl (C=O) groups excluding carboxylic acids is 1. The molecular formula is C19H24N4O2S. The van der Waals surface area contributed by atoms with Gasteiger partial charge in [0.1, 0.15) is 15.8 Å². The third-order valence-corrected chi connectivity index (χ3v) is 6.31. The van der Waals surface area contributed by atoms with Crippen molar-refractivity contribution >= 4 is 22.9 Å². The van der Waals surface area contributed by atoms with Crippen LogP contribution in [0.15, 0.2) is 24.3 Å². The molecule has 6 nitrogen and oxygen atoms in total. The van der Waals surface area contributed by atoms with E-state index in [0.717, 1.165) is 37.4 Å². The first-order chi connectivity index (χ1) is 12.7. The average Bonchev–Trinajstić information content (AvgIpc) is 3.40. The highest BCUT2D eigenvalue weighted by Gasteiger charge is 2.30. The Morgan fingerprint density at radius 3 is 2.31 bits per heavy atom. The van der Waals surface area contributed by atoms with Crippen LogP contribution in [-0.2, 0) is 4.79 Å². The van der Waals surface area contributed by atoms with Gasteiger partial charge in [-0.05, 0) is 63.0 Å². The molecule has 0 bridgehead atoms. The molecule has 7 heteroatoms. The van der Waals surface area contributed by atoms with Gasteiger partial charge in [0, 0.05) is 17.5 Å². The highest BCUT2D eigenvalue weighted by atomic mass is 32.1. The van der Waals surface area contributed by atoms with Crippen LogP contribution in [0.4, 0.5) is 5.69 Å². The minimum atomic E-state index is 0.0283. The predicted octanol–water partition coefficient (Wildman–Crippen LogP) is 3.24. The molecule has 1 amide bonds. The summed E-state index contributed by atoms with van der Waals surface area (Å²) in [5.41, 5.74) is 0.798. The smallest absolute Gasteiger partial charge is 0.238 e. The summed E-state index contributed by atoms with van der Waals surface area (Å²) in [5, 5.41) is 14.1. The summed E-state index contributed by atoms with van der Waals surface area (Å²) in [6.45, 7) is 2.29. The van der Waals surface area contributed by atoms with E-state index in [4.69, 9.17) is 4.74 Å². The third-order valence-electron chi connectivity index (χ3n) is 5.06. The third kappa shape index (κ3) is 4.22. The van der Waals surface area contributed by atoms with Crippen molar-refractivity contribution < 1.29 is 9.53 Å². The fourth-order valence-corrected chi connectivity index (χ4v) is 4.51. The first-order valence-corrected chi connectivity index (χ1v) is 10.0. The average molecular weight is 372 g/mol. The number of amides is 1. The lowest BCUT2D eigenvalue weighted by atomic mass is 9.98. The maximum Gasteiger partial charge on any atom is 0.238 e. The first-order valence-electron chi connectivity index (χ1n) is 9.21. The molecule has 26 heavy (non-hydrogen) atoms. The topological polar surface area (TPSA) is 67.3 Å². The fraction of sp³-hybridized carbons (Fsp3) is 0.526. The number of hydrogen-bond acceptors (Lipinski definition) is 6. The molecule has 1 N–H and O–H groups in total. The molecule has 0 spiro atoms. The first kappa shape index (κ1) is 17.4. The van der Waals surface area contributed by atoms with Gasteiger partial charge in [0.25, 0.3) is 0 Å². The minimum absolute atomic E-state index is 0.0283. The number of rotatable bonds is 6. The zero-order chi connectivity index (χ0) is 17.9. The molecule has 2 aromatic rings. The molecule has 1 saturated heterocycles.